The Balaban J connectivity index is 2.59. The Morgan fingerprint density at radius 1 is 1.73 bits per heavy atom. The van der Waals surface area contributed by atoms with Gasteiger partial charge in [0.25, 0.3) is 0 Å². The molecule has 3 N–H and O–H groups in total. The maximum absolute atomic E-state index is 8.51. The number of rotatable bonds is 4. The first-order valence-electron chi connectivity index (χ1n) is 4.53. The van der Waals surface area contributed by atoms with Gasteiger partial charge in [-0.05, 0) is 6.92 Å². The van der Waals surface area contributed by atoms with Crippen LogP contribution in [0.3, 0.4) is 0 Å². The molecule has 0 amide bonds. The number of oxime groups is 1. The predicted octanol–water partition coefficient (Wildman–Crippen LogP) is 0.665. The number of nitrogens with zero attached hydrogens (tertiary/aromatic N) is 4. The Labute approximate surface area is 92.6 Å². The van der Waals surface area contributed by atoms with Gasteiger partial charge in [0.1, 0.15) is 11.7 Å². The van der Waals surface area contributed by atoms with Gasteiger partial charge in [-0.3, -0.25) is 0 Å². The number of amidine groups is 1. The molecule has 0 aliphatic heterocycles. The van der Waals surface area contributed by atoms with E-state index in [2.05, 4.69) is 14.5 Å². The van der Waals surface area contributed by atoms with E-state index >= 15 is 0 Å². The number of hydrogen-bond acceptors (Lipinski definition) is 6. The summed E-state index contributed by atoms with van der Waals surface area (Å²) in [5.74, 6) is 0.964. The lowest BCUT2D eigenvalue weighted by atomic mass is 10.1. The zero-order valence-electron chi connectivity index (χ0n) is 9.01. The number of aryl methyl sites for hydroxylation is 1. The fourth-order valence-corrected chi connectivity index (χ4v) is 1.76. The average Bonchev–Trinajstić information content (AvgIpc) is 2.63. The molecule has 1 aromatic heterocycles. The third kappa shape index (κ3) is 3.05. The molecular formula is C8H15N5OS. The minimum Gasteiger partial charge on any atom is -0.409 e. The van der Waals surface area contributed by atoms with Crippen molar-refractivity contribution in [3.63, 3.8) is 0 Å². The molecule has 1 rings (SSSR count). The number of nitrogens with two attached hydrogens (primary N) is 1. The molecular weight excluding hydrogens is 214 g/mol. The van der Waals surface area contributed by atoms with Crippen LogP contribution in [0, 0.1) is 12.8 Å². The standard InChI is InChI=1S/C8H15N5OS/c1-5(7(9)11-14)4-13(3)8-10-6(2)12-15-8/h5,14H,4H2,1-3H3,(H2,9,11). The third-order valence-corrected chi connectivity index (χ3v) is 2.93. The molecule has 0 aliphatic rings. The van der Waals surface area contributed by atoms with E-state index in [-0.39, 0.29) is 11.8 Å². The van der Waals surface area contributed by atoms with E-state index in [4.69, 9.17) is 10.9 Å². The molecule has 1 aromatic rings. The lowest BCUT2D eigenvalue weighted by molar-refractivity contribution is 0.314. The van der Waals surface area contributed by atoms with Crippen molar-refractivity contribution in [2.45, 2.75) is 13.8 Å². The predicted molar refractivity (Wildman–Crippen MR) is 60.5 cm³/mol. The Bertz CT molecular complexity index is 351. The van der Waals surface area contributed by atoms with Gasteiger partial charge in [-0.1, -0.05) is 12.1 Å². The van der Waals surface area contributed by atoms with Crippen LogP contribution in [0.1, 0.15) is 12.7 Å². The highest BCUT2D eigenvalue weighted by molar-refractivity contribution is 7.09. The molecule has 15 heavy (non-hydrogen) atoms. The van der Waals surface area contributed by atoms with Crippen molar-refractivity contribution in [2.24, 2.45) is 16.8 Å². The van der Waals surface area contributed by atoms with Crippen LogP contribution in [0.2, 0.25) is 0 Å². The summed E-state index contributed by atoms with van der Waals surface area (Å²) in [5.41, 5.74) is 5.49. The molecule has 0 aliphatic carbocycles. The Hall–Kier alpha value is -1.37. The summed E-state index contributed by atoms with van der Waals surface area (Å²) in [4.78, 5) is 6.18. The molecule has 0 bridgehead atoms. The molecule has 1 unspecified atom stereocenters. The van der Waals surface area contributed by atoms with Crippen LogP contribution in [-0.4, -0.2) is 34.0 Å². The number of hydrogen-bond donors (Lipinski definition) is 2. The highest BCUT2D eigenvalue weighted by Gasteiger charge is 2.13. The van der Waals surface area contributed by atoms with Gasteiger partial charge in [-0.15, -0.1) is 0 Å². The molecule has 6 nitrogen and oxygen atoms in total. The van der Waals surface area contributed by atoms with Crippen LogP contribution in [0.25, 0.3) is 0 Å². The molecule has 84 valence electrons. The quantitative estimate of drug-likeness (QED) is 0.343. The van der Waals surface area contributed by atoms with Gasteiger partial charge in [0, 0.05) is 31.0 Å². The maximum Gasteiger partial charge on any atom is 0.204 e. The smallest absolute Gasteiger partial charge is 0.204 e. The van der Waals surface area contributed by atoms with Crippen LogP contribution in [0.15, 0.2) is 5.16 Å². The van der Waals surface area contributed by atoms with Gasteiger partial charge in [-0.2, -0.15) is 4.37 Å². The molecule has 0 radical (unpaired) electrons. The van der Waals surface area contributed by atoms with E-state index in [0.29, 0.717) is 6.54 Å². The first kappa shape index (κ1) is 11.7. The summed E-state index contributed by atoms with van der Waals surface area (Å²) in [5, 5.41) is 12.3. The maximum atomic E-state index is 8.51. The van der Waals surface area contributed by atoms with Gasteiger partial charge < -0.3 is 15.8 Å². The molecule has 0 aromatic carbocycles. The van der Waals surface area contributed by atoms with Crippen molar-refractivity contribution >= 4 is 22.5 Å². The summed E-state index contributed by atoms with van der Waals surface area (Å²) in [6.45, 7) is 4.38. The van der Waals surface area contributed by atoms with Crippen molar-refractivity contribution < 1.29 is 5.21 Å². The van der Waals surface area contributed by atoms with Gasteiger partial charge in [0.05, 0.1) is 0 Å². The zero-order chi connectivity index (χ0) is 11.4. The second-order valence-corrected chi connectivity index (χ2v) is 4.16. The van der Waals surface area contributed by atoms with E-state index in [1.165, 1.54) is 11.5 Å². The summed E-state index contributed by atoms with van der Waals surface area (Å²) in [7, 11) is 1.90. The van der Waals surface area contributed by atoms with Crippen molar-refractivity contribution in [3.05, 3.63) is 5.82 Å². The molecule has 0 saturated carbocycles. The van der Waals surface area contributed by atoms with Gasteiger partial charge in [-0.25, -0.2) is 4.98 Å². The summed E-state index contributed by atoms with van der Waals surface area (Å²) >= 11 is 1.34. The second-order valence-electron chi connectivity index (χ2n) is 3.43. The third-order valence-electron chi connectivity index (χ3n) is 2.01. The highest BCUT2D eigenvalue weighted by Crippen LogP contribution is 2.16. The van der Waals surface area contributed by atoms with E-state index < -0.39 is 0 Å². The fourth-order valence-electron chi connectivity index (χ4n) is 1.12. The Morgan fingerprint density at radius 2 is 2.40 bits per heavy atom. The van der Waals surface area contributed by atoms with Crippen LogP contribution >= 0.6 is 11.5 Å². The SMILES string of the molecule is Cc1nsc(N(C)CC(C)C(N)=NO)n1. The second kappa shape index (κ2) is 4.92. The van der Waals surface area contributed by atoms with Crippen molar-refractivity contribution in [1.82, 2.24) is 9.36 Å². The Kier molecular flexibility index (Phi) is 3.84. The Morgan fingerprint density at radius 3 is 2.87 bits per heavy atom. The lowest BCUT2D eigenvalue weighted by Gasteiger charge is -2.19. The number of anilines is 1. The minimum absolute atomic E-state index is 0.0239. The largest absolute Gasteiger partial charge is 0.409 e. The van der Waals surface area contributed by atoms with Crippen LogP contribution in [0.5, 0.6) is 0 Å². The van der Waals surface area contributed by atoms with Gasteiger partial charge >= 0.3 is 0 Å². The van der Waals surface area contributed by atoms with E-state index in [9.17, 15) is 0 Å². The highest BCUT2D eigenvalue weighted by atomic mass is 32.1. The van der Waals surface area contributed by atoms with Crippen LogP contribution in [-0.2, 0) is 0 Å². The van der Waals surface area contributed by atoms with E-state index in [1.54, 1.807) is 0 Å². The van der Waals surface area contributed by atoms with Gasteiger partial charge in [0.2, 0.25) is 5.13 Å². The van der Waals surface area contributed by atoms with E-state index in [0.717, 1.165) is 11.0 Å². The number of aromatic nitrogens is 2. The zero-order valence-corrected chi connectivity index (χ0v) is 9.82. The molecule has 1 heterocycles. The molecule has 0 spiro atoms. The molecule has 7 heteroatoms. The molecule has 1 atom stereocenters. The molecule has 0 fully saturated rings. The monoisotopic (exact) mass is 229 g/mol. The fraction of sp³-hybridized carbons (Fsp3) is 0.625. The van der Waals surface area contributed by atoms with Crippen LogP contribution < -0.4 is 10.6 Å². The van der Waals surface area contributed by atoms with Crippen LogP contribution in [0.4, 0.5) is 5.13 Å². The van der Waals surface area contributed by atoms with Crippen molar-refractivity contribution in [3.8, 4) is 0 Å². The summed E-state index contributed by atoms with van der Waals surface area (Å²) in [6, 6.07) is 0. The summed E-state index contributed by atoms with van der Waals surface area (Å²) in [6.07, 6.45) is 0. The van der Waals surface area contributed by atoms with Crippen molar-refractivity contribution in [2.75, 3.05) is 18.5 Å². The first-order valence-corrected chi connectivity index (χ1v) is 5.30. The normalized spacial score (nSPS) is 13.9. The summed E-state index contributed by atoms with van der Waals surface area (Å²) < 4.78 is 4.09. The average molecular weight is 229 g/mol. The first-order chi connectivity index (χ1) is 7.04. The van der Waals surface area contributed by atoms with Gasteiger partial charge in [0.15, 0.2) is 0 Å². The van der Waals surface area contributed by atoms with Crippen molar-refractivity contribution in [1.29, 1.82) is 0 Å². The lowest BCUT2D eigenvalue weighted by Crippen LogP contribution is -2.32. The molecule has 0 saturated heterocycles. The van der Waals surface area contributed by atoms with E-state index in [1.807, 2.05) is 25.8 Å². The minimum atomic E-state index is -0.0239. The topological polar surface area (TPSA) is 87.6 Å².